The zero-order chi connectivity index (χ0) is 13.1. The van der Waals surface area contributed by atoms with Gasteiger partial charge >= 0.3 is 5.69 Å². The van der Waals surface area contributed by atoms with Crippen LogP contribution in [-0.2, 0) is 0 Å². The van der Waals surface area contributed by atoms with E-state index in [4.69, 9.17) is 11.6 Å². The van der Waals surface area contributed by atoms with Crippen LogP contribution in [0.2, 0.25) is 5.02 Å². The first kappa shape index (κ1) is 12.1. The average molecular weight is 268 g/mol. The highest BCUT2D eigenvalue weighted by molar-refractivity contribution is 6.33. The van der Waals surface area contributed by atoms with Crippen LogP contribution >= 0.6 is 11.6 Å². The van der Waals surface area contributed by atoms with Crippen LogP contribution in [0, 0.1) is 10.1 Å². The molecule has 0 spiro atoms. The number of hydrogen-bond acceptors (Lipinski definition) is 5. The first-order valence-electron chi connectivity index (χ1n) is 4.73. The second-order valence-corrected chi connectivity index (χ2v) is 3.67. The van der Waals surface area contributed by atoms with Crippen molar-refractivity contribution in [2.75, 3.05) is 5.32 Å². The van der Waals surface area contributed by atoms with Gasteiger partial charge in [0.2, 0.25) is 0 Å². The Balaban J connectivity index is 2.36. The first-order valence-corrected chi connectivity index (χ1v) is 5.11. The van der Waals surface area contributed by atoms with Crippen LogP contribution in [0.5, 0.6) is 0 Å². The summed E-state index contributed by atoms with van der Waals surface area (Å²) in [6.45, 7) is 0. The molecule has 92 valence electrons. The van der Waals surface area contributed by atoms with Crippen molar-refractivity contribution in [3.8, 4) is 0 Å². The van der Waals surface area contributed by atoms with E-state index in [0.717, 1.165) is 0 Å². The van der Waals surface area contributed by atoms with Crippen molar-refractivity contribution in [1.82, 2.24) is 5.16 Å². The quantitative estimate of drug-likeness (QED) is 0.680. The second-order valence-electron chi connectivity index (χ2n) is 3.26. The van der Waals surface area contributed by atoms with E-state index in [-0.39, 0.29) is 10.6 Å². The van der Waals surface area contributed by atoms with E-state index in [1.165, 1.54) is 30.7 Å². The van der Waals surface area contributed by atoms with Crippen molar-refractivity contribution in [2.24, 2.45) is 0 Å². The monoisotopic (exact) mass is 267 g/mol. The molecule has 1 heterocycles. The molecule has 18 heavy (non-hydrogen) atoms. The van der Waals surface area contributed by atoms with Gasteiger partial charge in [-0.2, -0.15) is 0 Å². The molecule has 0 aliphatic carbocycles. The van der Waals surface area contributed by atoms with Crippen molar-refractivity contribution in [1.29, 1.82) is 0 Å². The minimum atomic E-state index is -0.704. The summed E-state index contributed by atoms with van der Waals surface area (Å²) in [4.78, 5) is 22.0. The smallest absolute Gasteiger partial charge is 0.300 e. The molecular formula is C10H6ClN3O4. The number of anilines is 1. The number of carbonyl (C=O) groups is 1. The number of para-hydroxylation sites is 1. The fourth-order valence-electron chi connectivity index (χ4n) is 1.35. The van der Waals surface area contributed by atoms with E-state index in [9.17, 15) is 14.9 Å². The molecule has 2 aromatic rings. The topological polar surface area (TPSA) is 98.3 Å². The lowest BCUT2D eigenvalue weighted by Crippen LogP contribution is -2.13. The molecule has 1 N–H and O–H groups in total. The second kappa shape index (κ2) is 4.84. The van der Waals surface area contributed by atoms with Crippen LogP contribution in [0.15, 0.2) is 35.2 Å². The van der Waals surface area contributed by atoms with Gasteiger partial charge in [-0.3, -0.25) is 14.9 Å². The zero-order valence-electron chi connectivity index (χ0n) is 8.79. The molecule has 1 amide bonds. The summed E-state index contributed by atoms with van der Waals surface area (Å²) in [5.41, 5.74) is -0.268. The Labute approximate surface area is 105 Å². The Kier molecular flexibility index (Phi) is 3.24. The van der Waals surface area contributed by atoms with Gasteiger partial charge in [0.05, 0.1) is 11.1 Å². The van der Waals surface area contributed by atoms with Crippen molar-refractivity contribution >= 4 is 28.9 Å². The number of benzene rings is 1. The fraction of sp³-hybridized carbons (Fsp3) is 0. The number of aromatic nitrogens is 1. The Morgan fingerprint density at radius 1 is 1.50 bits per heavy atom. The first-order chi connectivity index (χ1) is 8.59. The molecule has 0 atom stereocenters. The van der Waals surface area contributed by atoms with Crippen LogP contribution in [-0.4, -0.2) is 16.0 Å². The maximum absolute atomic E-state index is 11.8. The van der Waals surface area contributed by atoms with Crippen molar-refractivity contribution in [3.05, 3.63) is 51.4 Å². The van der Waals surface area contributed by atoms with E-state index in [2.05, 4.69) is 15.0 Å². The zero-order valence-corrected chi connectivity index (χ0v) is 9.55. The Morgan fingerprint density at radius 2 is 2.28 bits per heavy atom. The molecule has 0 saturated carbocycles. The van der Waals surface area contributed by atoms with Gasteiger partial charge in [-0.1, -0.05) is 22.8 Å². The van der Waals surface area contributed by atoms with Gasteiger partial charge in [-0.15, -0.1) is 0 Å². The highest BCUT2D eigenvalue weighted by Gasteiger charge is 2.23. The number of halogens is 1. The number of nitrogens with zero attached hydrogens (tertiary/aromatic N) is 2. The molecule has 0 unspecified atom stereocenters. The average Bonchev–Trinajstić information content (AvgIpc) is 2.80. The van der Waals surface area contributed by atoms with Crippen molar-refractivity contribution in [2.45, 2.75) is 0 Å². The molecule has 2 rings (SSSR count). The van der Waals surface area contributed by atoms with Gasteiger partial charge in [-0.25, -0.2) is 0 Å². The lowest BCUT2D eigenvalue weighted by atomic mass is 10.1. The van der Waals surface area contributed by atoms with Gasteiger partial charge in [-0.05, 0) is 12.1 Å². The standard InChI is InChI=1S/C10H6ClN3O4/c11-8-3-1-2-7(9(8)14(16)17)10(15)13-6-4-12-18-5-6/h1-5H,(H,13,15). The van der Waals surface area contributed by atoms with Crippen molar-refractivity contribution < 1.29 is 14.2 Å². The third-order valence-electron chi connectivity index (χ3n) is 2.10. The van der Waals surface area contributed by atoms with Gasteiger partial charge in [0, 0.05) is 0 Å². The van der Waals surface area contributed by atoms with Crippen LogP contribution in [0.1, 0.15) is 10.4 Å². The van der Waals surface area contributed by atoms with Gasteiger partial charge in [0.15, 0.2) is 0 Å². The third kappa shape index (κ3) is 2.30. The summed E-state index contributed by atoms with van der Waals surface area (Å²) in [6, 6.07) is 4.11. The molecule has 0 radical (unpaired) electrons. The number of nitrogens with one attached hydrogen (secondary N) is 1. The molecule has 8 heteroatoms. The summed E-state index contributed by atoms with van der Waals surface area (Å²) in [7, 11) is 0. The predicted molar refractivity (Wildman–Crippen MR) is 62.6 cm³/mol. The molecule has 1 aromatic carbocycles. The van der Waals surface area contributed by atoms with Crippen LogP contribution in [0.25, 0.3) is 0 Å². The highest BCUT2D eigenvalue weighted by Crippen LogP contribution is 2.28. The maximum atomic E-state index is 11.8. The lowest BCUT2D eigenvalue weighted by Gasteiger charge is -2.03. The summed E-state index contributed by atoms with van der Waals surface area (Å²) >= 11 is 5.70. The number of nitro groups is 1. The molecule has 0 aliphatic rings. The molecule has 0 bridgehead atoms. The van der Waals surface area contributed by atoms with Crippen LogP contribution in [0.3, 0.4) is 0 Å². The van der Waals surface area contributed by atoms with Crippen LogP contribution in [0.4, 0.5) is 11.4 Å². The molecule has 0 fully saturated rings. The maximum Gasteiger partial charge on any atom is 0.300 e. The minimum Gasteiger partial charge on any atom is -0.363 e. The molecular weight excluding hydrogens is 262 g/mol. The van der Waals surface area contributed by atoms with E-state index in [1.54, 1.807) is 0 Å². The van der Waals surface area contributed by atoms with E-state index >= 15 is 0 Å². The van der Waals surface area contributed by atoms with Gasteiger partial charge in [0.1, 0.15) is 22.5 Å². The van der Waals surface area contributed by atoms with Crippen molar-refractivity contribution in [3.63, 3.8) is 0 Å². The SMILES string of the molecule is O=C(Nc1cnoc1)c1cccc(Cl)c1[N+](=O)[O-]. The number of nitro benzene ring substituents is 1. The predicted octanol–water partition coefficient (Wildman–Crippen LogP) is 2.49. The van der Waals surface area contributed by atoms with Gasteiger partial charge in [0.25, 0.3) is 5.91 Å². The Hall–Kier alpha value is -2.41. The van der Waals surface area contributed by atoms with E-state index < -0.39 is 16.5 Å². The Bertz CT molecular complexity index is 597. The van der Waals surface area contributed by atoms with Gasteiger partial charge < -0.3 is 9.84 Å². The third-order valence-corrected chi connectivity index (χ3v) is 2.41. The fourth-order valence-corrected chi connectivity index (χ4v) is 1.59. The molecule has 1 aromatic heterocycles. The largest absolute Gasteiger partial charge is 0.363 e. The lowest BCUT2D eigenvalue weighted by molar-refractivity contribution is -0.385. The number of hydrogen-bond donors (Lipinski definition) is 1. The van der Waals surface area contributed by atoms with Crippen LogP contribution < -0.4 is 5.32 Å². The molecule has 0 aliphatic heterocycles. The molecule has 7 nitrogen and oxygen atoms in total. The number of amides is 1. The Morgan fingerprint density at radius 3 is 2.89 bits per heavy atom. The number of carbonyl (C=O) groups excluding carboxylic acids is 1. The summed E-state index contributed by atoms with van der Waals surface area (Å²) < 4.78 is 4.53. The van der Waals surface area contributed by atoms with E-state index in [0.29, 0.717) is 5.69 Å². The minimum absolute atomic E-state index is 0.0991. The summed E-state index contributed by atoms with van der Waals surface area (Å²) in [6.07, 6.45) is 2.47. The highest BCUT2D eigenvalue weighted by atomic mass is 35.5. The normalized spacial score (nSPS) is 10.1. The van der Waals surface area contributed by atoms with E-state index in [1.807, 2.05) is 0 Å². The summed E-state index contributed by atoms with van der Waals surface area (Å²) in [5.74, 6) is -0.660. The number of rotatable bonds is 3. The molecule has 0 saturated heterocycles. The summed E-state index contributed by atoms with van der Waals surface area (Å²) in [5, 5.41) is 16.6.